The van der Waals surface area contributed by atoms with Gasteiger partial charge in [-0.3, -0.25) is 9.59 Å². The van der Waals surface area contributed by atoms with Crippen LogP contribution in [0.15, 0.2) is 48.6 Å². The van der Waals surface area contributed by atoms with Gasteiger partial charge in [0, 0.05) is 12.8 Å². The molecule has 3 N–H and O–H groups in total. The molecule has 0 fully saturated rings. The number of esters is 1. The minimum Gasteiger partial charge on any atom is -0.466 e. The lowest BCUT2D eigenvalue weighted by molar-refractivity contribution is -0.143. The first-order valence-electron chi connectivity index (χ1n) is 32.9. The molecule has 2 unspecified atom stereocenters. The Labute approximate surface area is 461 Å². The van der Waals surface area contributed by atoms with Crippen LogP contribution in [0.2, 0.25) is 0 Å². The van der Waals surface area contributed by atoms with Crippen LogP contribution in [0.4, 0.5) is 0 Å². The molecular formula is C68H127NO5. The molecule has 0 aliphatic carbocycles. The monoisotopic (exact) mass is 1040 g/mol. The van der Waals surface area contributed by atoms with E-state index < -0.39 is 12.1 Å². The minimum absolute atomic E-state index is 0.000538. The minimum atomic E-state index is -0.850. The van der Waals surface area contributed by atoms with Crippen molar-refractivity contribution in [3.05, 3.63) is 48.6 Å². The number of carbonyl (C=O) groups excluding carboxylic acids is 2. The van der Waals surface area contributed by atoms with Crippen molar-refractivity contribution in [3.63, 3.8) is 0 Å². The third kappa shape index (κ3) is 59.1. The summed E-state index contributed by atoms with van der Waals surface area (Å²) >= 11 is 0. The summed E-state index contributed by atoms with van der Waals surface area (Å²) in [6.07, 6.45) is 81.6. The molecule has 0 heterocycles. The summed E-state index contributed by atoms with van der Waals surface area (Å²) < 4.78 is 5.48. The Kier molecular flexibility index (Phi) is 61.5. The van der Waals surface area contributed by atoms with Gasteiger partial charge in [-0.15, -0.1) is 0 Å². The van der Waals surface area contributed by atoms with E-state index in [4.69, 9.17) is 4.74 Å². The highest BCUT2D eigenvalue weighted by Gasteiger charge is 2.18. The van der Waals surface area contributed by atoms with Crippen molar-refractivity contribution in [2.45, 2.75) is 360 Å². The van der Waals surface area contributed by atoms with Gasteiger partial charge in [-0.1, -0.05) is 294 Å². The molecule has 0 radical (unpaired) electrons. The van der Waals surface area contributed by atoms with Gasteiger partial charge in [-0.05, 0) is 89.9 Å². The van der Waals surface area contributed by atoms with E-state index in [1.54, 1.807) is 6.08 Å². The fraction of sp³-hybridized carbons (Fsp3) is 0.853. The Bertz CT molecular complexity index is 1240. The maximum Gasteiger partial charge on any atom is 0.305 e. The number of carbonyl (C=O) groups is 2. The standard InChI is InChI=1S/C68H127NO5/c1-3-5-7-9-11-13-15-17-19-29-33-36-40-44-48-52-56-60-66(71)65(64-70)69-67(72)61-57-53-49-45-41-37-34-30-27-25-23-21-20-22-24-26-28-31-35-39-43-47-51-55-59-63-74-68(73)62-58-54-50-46-42-38-32-18-16-14-12-10-8-6-4-2/h18,21-24,32,56,60,65-66,70-71H,3-17,19-20,25-31,33-55,57-59,61-64H2,1-2H3,(H,69,72)/b23-21-,24-22-,32-18-,60-56+. The largest absolute Gasteiger partial charge is 0.466 e. The van der Waals surface area contributed by atoms with E-state index in [0.717, 1.165) is 51.4 Å². The summed E-state index contributed by atoms with van der Waals surface area (Å²) in [5, 5.41) is 23.2. The quantitative estimate of drug-likeness (QED) is 0.0320. The van der Waals surface area contributed by atoms with E-state index in [9.17, 15) is 19.8 Å². The maximum absolute atomic E-state index is 12.5. The fourth-order valence-corrected chi connectivity index (χ4v) is 10.0. The predicted molar refractivity (Wildman–Crippen MR) is 324 cm³/mol. The van der Waals surface area contributed by atoms with Crippen LogP contribution in [-0.2, 0) is 14.3 Å². The maximum atomic E-state index is 12.5. The van der Waals surface area contributed by atoms with Crippen LogP contribution in [0.5, 0.6) is 0 Å². The highest BCUT2D eigenvalue weighted by atomic mass is 16.5. The van der Waals surface area contributed by atoms with Crippen LogP contribution < -0.4 is 5.32 Å². The zero-order valence-corrected chi connectivity index (χ0v) is 49.6. The van der Waals surface area contributed by atoms with Crippen molar-refractivity contribution >= 4 is 11.9 Å². The van der Waals surface area contributed by atoms with E-state index in [1.807, 2.05) is 6.08 Å². The lowest BCUT2D eigenvalue weighted by atomic mass is 10.0. The Morgan fingerprint density at radius 1 is 0.378 bits per heavy atom. The second-order valence-electron chi connectivity index (χ2n) is 22.4. The molecule has 0 aromatic rings. The number of rotatable bonds is 61. The van der Waals surface area contributed by atoms with Crippen LogP contribution in [0.1, 0.15) is 348 Å². The number of ether oxygens (including phenoxy) is 1. The van der Waals surface area contributed by atoms with Gasteiger partial charge in [0.25, 0.3) is 0 Å². The molecule has 434 valence electrons. The van der Waals surface area contributed by atoms with Crippen LogP contribution in [-0.4, -0.2) is 47.4 Å². The van der Waals surface area contributed by atoms with Crippen molar-refractivity contribution < 1.29 is 24.5 Å². The Balaban J connectivity index is 3.46. The van der Waals surface area contributed by atoms with E-state index >= 15 is 0 Å². The zero-order chi connectivity index (χ0) is 53.6. The topological polar surface area (TPSA) is 95.9 Å². The third-order valence-corrected chi connectivity index (χ3v) is 15.1. The third-order valence-electron chi connectivity index (χ3n) is 15.1. The van der Waals surface area contributed by atoms with Gasteiger partial charge >= 0.3 is 5.97 Å². The first-order valence-corrected chi connectivity index (χ1v) is 32.9. The number of aliphatic hydroxyl groups is 2. The first-order chi connectivity index (χ1) is 36.5. The molecule has 74 heavy (non-hydrogen) atoms. The second-order valence-corrected chi connectivity index (χ2v) is 22.4. The van der Waals surface area contributed by atoms with E-state index in [1.165, 1.54) is 270 Å². The highest BCUT2D eigenvalue weighted by Crippen LogP contribution is 2.17. The van der Waals surface area contributed by atoms with E-state index in [-0.39, 0.29) is 18.5 Å². The summed E-state index contributed by atoms with van der Waals surface area (Å²) in [7, 11) is 0. The Hall–Kier alpha value is -2.18. The van der Waals surface area contributed by atoms with Crippen LogP contribution >= 0.6 is 0 Å². The summed E-state index contributed by atoms with van der Waals surface area (Å²) in [4.78, 5) is 24.5. The van der Waals surface area contributed by atoms with Crippen molar-refractivity contribution in [2.75, 3.05) is 13.2 Å². The molecule has 0 spiro atoms. The van der Waals surface area contributed by atoms with Gasteiger partial charge in [0.05, 0.1) is 25.4 Å². The second kappa shape index (κ2) is 63.4. The molecule has 2 atom stereocenters. The van der Waals surface area contributed by atoms with Crippen LogP contribution in [0.3, 0.4) is 0 Å². The van der Waals surface area contributed by atoms with Gasteiger partial charge in [-0.2, -0.15) is 0 Å². The van der Waals surface area contributed by atoms with Crippen molar-refractivity contribution in [3.8, 4) is 0 Å². The smallest absolute Gasteiger partial charge is 0.305 e. The molecule has 0 saturated heterocycles. The van der Waals surface area contributed by atoms with Crippen molar-refractivity contribution in [1.82, 2.24) is 5.32 Å². The SMILES string of the molecule is CCCCCCCC/C=C\CCCCCCCC(=O)OCCCCCCCCCCC/C=C\C/C=C\CCCCCCCCCCCC(=O)NC(CO)C(O)/C=C/CCCCCCCCCCCCCCCCC. The zero-order valence-electron chi connectivity index (χ0n) is 49.6. The fourth-order valence-electron chi connectivity index (χ4n) is 10.0. The number of hydrogen-bond acceptors (Lipinski definition) is 5. The van der Waals surface area contributed by atoms with Crippen LogP contribution in [0, 0.1) is 0 Å². The van der Waals surface area contributed by atoms with Crippen molar-refractivity contribution in [1.29, 1.82) is 0 Å². The molecule has 0 aliphatic rings. The van der Waals surface area contributed by atoms with E-state index in [2.05, 4.69) is 55.6 Å². The van der Waals surface area contributed by atoms with Crippen molar-refractivity contribution in [2.24, 2.45) is 0 Å². The lowest BCUT2D eigenvalue weighted by Gasteiger charge is -2.20. The first kappa shape index (κ1) is 71.8. The molecular weight excluding hydrogens is 911 g/mol. The molecule has 0 aromatic heterocycles. The average Bonchev–Trinajstić information content (AvgIpc) is 3.40. The summed E-state index contributed by atoms with van der Waals surface area (Å²) in [6.45, 7) is 4.91. The van der Waals surface area contributed by atoms with Gasteiger partial charge in [-0.25, -0.2) is 0 Å². The molecule has 1 amide bonds. The number of nitrogens with one attached hydrogen (secondary N) is 1. The molecule has 0 aromatic carbocycles. The number of amides is 1. The van der Waals surface area contributed by atoms with Gasteiger partial charge in [0.15, 0.2) is 0 Å². The van der Waals surface area contributed by atoms with Gasteiger partial charge in [0.1, 0.15) is 0 Å². The average molecular weight is 1040 g/mol. The van der Waals surface area contributed by atoms with Gasteiger partial charge < -0.3 is 20.3 Å². The number of allylic oxidation sites excluding steroid dienone is 7. The number of hydrogen-bond donors (Lipinski definition) is 3. The summed E-state index contributed by atoms with van der Waals surface area (Å²) in [5.74, 6) is -0.0721. The van der Waals surface area contributed by atoms with E-state index in [0.29, 0.717) is 19.4 Å². The summed E-state index contributed by atoms with van der Waals surface area (Å²) in [5.41, 5.74) is 0. The molecule has 0 bridgehead atoms. The summed E-state index contributed by atoms with van der Waals surface area (Å²) in [6, 6.07) is -0.634. The lowest BCUT2D eigenvalue weighted by Crippen LogP contribution is -2.45. The predicted octanol–water partition coefficient (Wildman–Crippen LogP) is 20.9. The Morgan fingerprint density at radius 2 is 0.676 bits per heavy atom. The molecule has 0 aliphatic heterocycles. The normalized spacial score (nSPS) is 12.9. The number of aliphatic hydroxyl groups excluding tert-OH is 2. The molecule has 6 nitrogen and oxygen atoms in total. The van der Waals surface area contributed by atoms with Crippen LogP contribution in [0.25, 0.3) is 0 Å². The molecule has 0 saturated carbocycles. The Morgan fingerprint density at radius 3 is 1.04 bits per heavy atom. The molecule has 0 rings (SSSR count). The molecule has 6 heteroatoms. The number of unbranched alkanes of at least 4 members (excludes halogenated alkanes) is 44. The van der Waals surface area contributed by atoms with Gasteiger partial charge in [0.2, 0.25) is 5.91 Å². The highest BCUT2D eigenvalue weighted by molar-refractivity contribution is 5.76.